The Balaban J connectivity index is 1.88. The fraction of sp³-hybridized carbons (Fsp3) is 0.462. The predicted molar refractivity (Wildman–Crippen MR) is 135 cm³/mol. The van der Waals surface area contributed by atoms with E-state index in [1.165, 1.54) is 22.7 Å². The van der Waals surface area contributed by atoms with Crippen molar-refractivity contribution in [3.8, 4) is 0 Å². The van der Waals surface area contributed by atoms with Gasteiger partial charge in [0.15, 0.2) is 0 Å². The molecule has 0 unspecified atom stereocenters. The van der Waals surface area contributed by atoms with E-state index in [2.05, 4.69) is 30.7 Å². The molecule has 0 aliphatic carbocycles. The number of aromatic nitrogens is 2. The van der Waals surface area contributed by atoms with Gasteiger partial charge in [-0.25, -0.2) is 14.8 Å². The number of hydrogen-bond acceptors (Lipinski definition) is 6. The molecule has 0 bridgehead atoms. The Hall–Kier alpha value is -2.58. The number of carboxylic acid groups (broad SMARTS) is 1. The molecular weight excluding hydrogens is 466 g/mol. The van der Waals surface area contributed by atoms with Gasteiger partial charge in [0.25, 0.3) is 5.91 Å². The number of carboxylic acids is 1. The van der Waals surface area contributed by atoms with Crippen molar-refractivity contribution in [2.24, 2.45) is 5.92 Å². The summed E-state index contributed by atoms with van der Waals surface area (Å²) in [7, 11) is 0. The molecule has 180 valence electrons. The van der Waals surface area contributed by atoms with Crippen LogP contribution in [0.15, 0.2) is 47.4 Å². The van der Waals surface area contributed by atoms with Crippen LogP contribution in [0.25, 0.3) is 0 Å². The van der Waals surface area contributed by atoms with Crippen LogP contribution in [-0.2, 0) is 10.2 Å². The van der Waals surface area contributed by atoms with Gasteiger partial charge in [0, 0.05) is 34.6 Å². The zero-order valence-corrected chi connectivity index (χ0v) is 21.8. The molecular formula is C26H31N3O3S2. The fourth-order valence-corrected chi connectivity index (χ4v) is 6.59. The molecule has 34 heavy (non-hydrogen) atoms. The Morgan fingerprint density at radius 1 is 1.09 bits per heavy atom. The number of rotatable bonds is 6. The molecule has 0 saturated carbocycles. The molecule has 1 aliphatic heterocycles. The molecule has 2 aromatic heterocycles. The Morgan fingerprint density at radius 2 is 1.68 bits per heavy atom. The lowest BCUT2D eigenvalue weighted by molar-refractivity contribution is -0.150. The number of likely N-dealkylation sites (tertiary alicyclic amines) is 1. The maximum atomic E-state index is 14.2. The highest BCUT2D eigenvalue weighted by molar-refractivity contribution is 7.10. The molecule has 3 atom stereocenters. The minimum Gasteiger partial charge on any atom is -0.479 e. The van der Waals surface area contributed by atoms with Crippen molar-refractivity contribution in [3.05, 3.63) is 68.6 Å². The van der Waals surface area contributed by atoms with Crippen LogP contribution in [0.1, 0.15) is 85.4 Å². The molecule has 1 aliphatic rings. The topological polar surface area (TPSA) is 83.4 Å². The highest BCUT2D eigenvalue weighted by Gasteiger charge is 2.60. The van der Waals surface area contributed by atoms with Crippen molar-refractivity contribution in [2.75, 3.05) is 0 Å². The van der Waals surface area contributed by atoms with Gasteiger partial charge >= 0.3 is 5.97 Å². The molecule has 3 aromatic rings. The highest BCUT2D eigenvalue weighted by atomic mass is 32.1. The number of hydrogen-bond donors (Lipinski definition) is 1. The van der Waals surface area contributed by atoms with Crippen molar-refractivity contribution in [1.82, 2.24) is 14.9 Å². The van der Waals surface area contributed by atoms with Crippen molar-refractivity contribution in [3.63, 3.8) is 0 Å². The summed E-state index contributed by atoms with van der Waals surface area (Å²) < 4.78 is 0. The third kappa shape index (κ3) is 4.41. The van der Waals surface area contributed by atoms with Crippen LogP contribution in [0.2, 0.25) is 0 Å². The summed E-state index contributed by atoms with van der Waals surface area (Å²) in [5, 5.41) is 16.0. The summed E-state index contributed by atoms with van der Waals surface area (Å²) in [5.41, 5.74) is 0.218. The number of aliphatic carboxylic acids is 1. The van der Waals surface area contributed by atoms with Gasteiger partial charge in [-0.3, -0.25) is 4.79 Å². The number of amides is 1. The lowest BCUT2D eigenvalue weighted by atomic mass is 9.83. The smallest absolute Gasteiger partial charge is 0.329 e. The molecule has 1 fully saturated rings. The molecule has 0 spiro atoms. The molecule has 1 amide bonds. The van der Waals surface area contributed by atoms with Crippen molar-refractivity contribution in [2.45, 2.75) is 70.4 Å². The molecule has 1 N–H and O–H groups in total. The summed E-state index contributed by atoms with van der Waals surface area (Å²) >= 11 is 2.96. The standard InChI is InChI=1S/C26H31N3O3S2/c1-16(2)14-26(24(31)32)15-19(21-27-10-12-33-21)20(22-28-11-13-34-22)29(26)23(30)17-6-8-18(9-7-17)25(3,4)5/h6-13,16,19-20H,14-15H2,1-5H3,(H,31,32)/t19-,20-,26+/m1/s1. The quantitative estimate of drug-likeness (QED) is 0.442. The average Bonchev–Trinajstić information content (AvgIpc) is 3.52. The molecule has 4 rings (SSSR count). The average molecular weight is 498 g/mol. The number of thiazole rings is 2. The van der Waals surface area contributed by atoms with Crippen molar-refractivity contribution < 1.29 is 14.7 Å². The molecule has 6 nitrogen and oxygen atoms in total. The second-order valence-electron chi connectivity index (χ2n) is 10.4. The van der Waals surface area contributed by atoms with E-state index in [0.717, 1.165) is 15.6 Å². The maximum Gasteiger partial charge on any atom is 0.329 e. The van der Waals surface area contributed by atoms with Crippen molar-refractivity contribution in [1.29, 1.82) is 0 Å². The number of carbonyl (C=O) groups excluding carboxylic acids is 1. The minimum absolute atomic E-state index is 0.0446. The van der Waals surface area contributed by atoms with E-state index >= 15 is 0 Å². The van der Waals surface area contributed by atoms with E-state index in [9.17, 15) is 14.7 Å². The van der Waals surface area contributed by atoms with Crippen LogP contribution in [0.3, 0.4) is 0 Å². The van der Waals surface area contributed by atoms with Gasteiger partial charge < -0.3 is 10.0 Å². The number of benzene rings is 1. The Morgan fingerprint density at radius 3 is 2.15 bits per heavy atom. The van der Waals surface area contributed by atoms with E-state index in [4.69, 9.17) is 0 Å². The summed E-state index contributed by atoms with van der Waals surface area (Å²) in [4.78, 5) is 37.8. The third-order valence-electron chi connectivity index (χ3n) is 6.51. The Kier molecular flexibility index (Phi) is 6.66. The first-order valence-electron chi connectivity index (χ1n) is 11.5. The van der Waals surface area contributed by atoms with Crippen LogP contribution in [0.4, 0.5) is 0 Å². The van der Waals surface area contributed by atoms with E-state index in [0.29, 0.717) is 18.4 Å². The van der Waals surface area contributed by atoms with E-state index in [1.54, 1.807) is 17.3 Å². The van der Waals surface area contributed by atoms with E-state index < -0.39 is 17.6 Å². The molecule has 8 heteroatoms. The first kappa shape index (κ1) is 24.5. The highest BCUT2D eigenvalue weighted by Crippen LogP contribution is 2.55. The molecule has 3 heterocycles. The predicted octanol–water partition coefficient (Wildman–Crippen LogP) is 6.14. The number of nitrogens with zero attached hydrogens (tertiary/aromatic N) is 3. The summed E-state index contributed by atoms with van der Waals surface area (Å²) in [6, 6.07) is 7.08. The van der Waals surface area contributed by atoms with Gasteiger partial charge in [0.05, 0.1) is 11.0 Å². The Bertz CT molecular complexity index is 1140. The molecule has 0 radical (unpaired) electrons. The number of carbonyl (C=O) groups is 2. The van der Waals surface area contributed by atoms with Crippen molar-refractivity contribution >= 4 is 34.6 Å². The molecule has 1 aromatic carbocycles. The van der Waals surface area contributed by atoms with Gasteiger partial charge in [-0.2, -0.15) is 0 Å². The second-order valence-corrected chi connectivity index (χ2v) is 12.3. The monoisotopic (exact) mass is 497 g/mol. The van der Waals surface area contributed by atoms with Crippen LogP contribution in [0, 0.1) is 5.92 Å². The second kappa shape index (κ2) is 9.23. The van der Waals surface area contributed by atoms with Gasteiger partial charge in [0.2, 0.25) is 0 Å². The van der Waals surface area contributed by atoms with Gasteiger partial charge in [-0.15, -0.1) is 22.7 Å². The summed E-state index contributed by atoms with van der Waals surface area (Å²) in [5.74, 6) is -1.40. The first-order chi connectivity index (χ1) is 16.0. The van der Waals surface area contributed by atoms with Crippen LogP contribution in [0.5, 0.6) is 0 Å². The zero-order valence-electron chi connectivity index (χ0n) is 20.2. The summed E-state index contributed by atoms with van der Waals surface area (Å²) in [6.07, 6.45) is 4.12. The van der Waals surface area contributed by atoms with Gasteiger partial charge in [-0.1, -0.05) is 46.8 Å². The third-order valence-corrected chi connectivity index (χ3v) is 8.27. The van der Waals surface area contributed by atoms with Crippen LogP contribution < -0.4 is 0 Å². The zero-order chi connectivity index (χ0) is 24.7. The van der Waals surface area contributed by atoms with E-state index in [1.807, 2.05) is 48.9 Å². The Labute approximate surface area is 208 Å². The largest absolute Gasteiger partial charge is 0.479 e. The SMILES string of the molecule is CC(C)C[C@@]1(C(=O)O)C[C@@H](c2nccs2)[C@H](c2nccs2)N1C(=O)c1ccc(C(C)(C)C)cc1. The maximum absolute atomic E-state index is 14.2. The fourth-order valence-electron chi connectivity index (χ4n) is 5.03. The first-order valence-corrected chi connectivity index (χ1v) is 13.3. The lowest BCUT2D eigenvalue weighted by Gasteiger charge is -2.38. The van der Waals surface area contributed by atoms with Gasteiger partial charge in [-0.05, 0) is 41.9 Å². The summed E-state index contributed by atoms with van der Waals surface area (Å²) in [6.45, 7) is 10.4. The van der Waals surface area contributed by atoms with Crippen LogP contribution >= 0.6 is 22.7 Å². The van der Waals surface area contributed by atoms with E-state index in [-0.39, 0.29) is 23.2 Å². The van der Waals surface area contributed by atoms with Gasteiger partial charge in [0.1, 0.15) is 10.5 Å². The lowest BCUT2D eigenvalue weighted by Crippen LogP contribution is -2.54. The normalized spacial score (nSPS) is 22.9. The minimum atomic E-state index is -1.35. The van der Waals surface area contributed by atoms with Crippen LogP contribution in [-0.4, -0.2) is 37.4 Å². The molecule has 1 saturated heterocycles.